The third kappa shape index (κ3) is 2.47. The summed E-state index contributed by atoms with van der Waals surface area (Å²) >= 11 is 12.0. The van der Waals surface area contributed by atoms with Crippen molar-refractivity contribution in [3.63, 3.8) is 0 Å². The van der Waals surface area contributed by atoms with Gasteiger partial charge in [0.15, 0.2) is 9.84 Å². The first kappa shape index (κ1) is 14.0. The number of anilines is 2. The molecule has 1 amide bonds. The quantitative estimate of drug-likeness (QED) is 0.852. The molecule has 2 aliphatic heterocycles. The minimum Gasteiger partial charge on any atom is -0.356 e. The van der Waals surface area contributed by atoms with Crippen molar-refractivity contribution < 1.29 is 13.2 Å². The summed E-state index contributed by atoms with van der Waals surface area (Å²) in [4.78, 5) is 13.6. The van der Waals surface area contributed by atoms with Crippen LogP contribution in [-0.4, -0.2) is 38.4 Å². The second kappa shape index (κ2) is 4.79. The molecule has 1 aromatic carbocycles. The number of benzene rings is 1. The standard InChI is InChI=1S/C12H12Cl2N2O3S/c13-8-3-10-11(4-9(8)14)16(5-12(17)15-10)7-1-2-20(18,19)6-7/h3-4,7H,1-2,5-6H2,(H,15,17). The Balaban J connectivity index is 2.02. The number of halogens is 2. The molecule has 5 nitrogen and oxygen atoms in total. The van der Waals surface area contributed by atoms with Crippen LogP contribution in [0.5, 0.6) is 0 Å². The van der Waals surface area contributed by atoms with Crippen molar-refractivity contribution >= 4 is 50.3 Å². The van der Waals surface area contributed by atoms with Gasteiger partial charge in [0, 0.05) is 6.04 Å². The summed E-state index contributed by atoms with van der Waals surface area (Å²) in [5.74, 6) is 0.0482. The van der Waals surface area contributed by atoms with Gasteiger partial charge in [-0.2, -0.15) is 0 Å². The second-order valence-electron chi connectivity index (χ2n) is 5.02. The van der Waals surface area contributed by atoms with Crippen molar-refractivity contribution in [2.75, 3.05) is 28.3 Å². The smallest absolute Gasteiger partial charge is 0.243 e. The van der Waals surface area contributed by atoms with E-state index in [1.807, 2.05) is 0 Å². The van der Waals surface area contributed by atoms with Crippen LogP contribution < -0.4 is 10.2 Å². The predicted molar refractivity (Wildman–Crippen MR) is 79.5 cm³/mol. The Morgan fingerprint density at radius 2 is 1.95 bits per heavy atom. The van der Waals surface area contributed by atoms with Gasteiger partial charge in [0.1, 0.15) is 0 Å². The highest BCUT2D eigenvalue weighted by atomic mass is 35.5. The van der Waals surface area contributed by atoms with Gasteiger partial charge in [-0.1, -0.05) is 23.2 Å². The minimum absolute atomic E-state index is 0.0694. The molecule has 1 unspecified atom stereocenters. The van der Waals surface area contributed by atoms with E-state index >= 15 is 0 Å². The van der Waals surface area contributed by atoms with Crippen LogP contribution in [0.1, 0.15) is 6.42 Å². The molecular formula is C12H12Cl2N2O3S. The molecule has 1 N–H and O–H groups in total. The van der Waals surface area contributed by atoms with E-state index in [1.54, 1.807) is 17.0 Å². The first-order valence-electron chi connectivity index (χ1n) is 6.12. The summed E-state index contributed by atoms with van der Waals surface area (Å²) in [7, 11) is -3.02. The fourth-order valence-corrected chi connectivity index (χ4v) is 4.70. The maximum atomic E-state index is 11.8. The van der Waals surface area contributed by atoms with Gasteiger partial charge in [-0.05, 0) is 18.6 Å². The van der Waals surface area contributed by atoms with Gasteiger partial charge in [-0.25, -0.2) is 8.42 Å². The highest BCUT2D eigenvalue weighted by Crippen LogP contribution is 2.39. The molecule has 1 fully saturated rings. The maximum Gasteiger partial charge on any atom is 0.243 e. The van der Waals surface area contributed by atoms with E-state index < -0.39 is 9.84 Å². The first-order valence-corrected chi connectivity index (χ1v) is 8.69. The Morgan fingerprint density at radius 3 is 2.60 bits per heavy atom. The molecule has 0 spiro atoms. The average Bonchev–Trinajstić information content (AvgIpc) is 2.71. The van der Waals surface area contributed by atoms with Crippen LogP contribution >= 0.6 is 23.2 Å². The summed E-state index contributed by atoms with van der Waals surface area (Å²) in [6.07, 6.45) is 0.523. The molecular weight excluding hydrogens is 323 g/mol. The molecule has 0 aromatic heterocycles. The Labute approximate surface area is 126 Å². The molecule has 1 atom stereocenters. The summed E-state index contributed by atoms with van der Waals surface area (Å²) in [5, 5.41) is 3.46. The number of nitrogens with one attached hydrogen (secondary N) is 1. The number of amides is 1. The molecule has 20 heavy (non-hydrogen) atoms. The van der Waals surface area contributed by atoms with Crippen molar-refractivity contribution in [2.24, 2.45) is 0 Å². The highest BCUT2D eigenvalue weighted by Gasteiger charge is 2.36. The Morgan fingerprint density at radius 1 is 1.25 bits per heavy atom. The largest absolute Gasteiger partial charge is 0.356 e. The molecule has 3 rings (SSSR count). The lowest BCUT2D eigenvalue weighted by atomic mass is 10.1. The number of rotatable bonds is 1. The topological polar surface area (TPSA) is 66.5 Å². The lowest BCUT2D eigenvalue weighted by Crippen LogP contribution is -2.45. The van der Waals surface area contributed by atoms with Crippen LogP contribution in [0, 0.1) is 0 Å². The zero-order valence-electron chi connectivity index (χ0n) is 10.4. The van der Waals surface area contributed by atoms with Gasteiger partial charge in [-0.15, -0.1) is 0 Å². The number of carbonyl (C=O) groups excluding carboxylic acids is 1. The van der Waals surface area contributed by atoms with Crippen molar-refractivity contribution in [1.82, 2.24) is 0 Å². The number of carbonyl (C=O) groups is 1. The highest BCUT2D eigenvalue weighted by molar-refractivity contribution is 7.91. The Bertz CT molecular complexity index is 690. The summed E-state index contributed by atoms with van der Waals surface area (Å²) in [6, 6.07) is 3.07. The molecule has 1 saturated heterocycles. The summed E-state index contributed by atoms with van der Waals surface area (Å²) < 4.78 is 23.2. The number of hydrogen-bond acceptors (Lipinski definition) is 4. The Hall–Kier alpha value is -0.980. The molecule has 0 radical (unpaired) electrons. The molecule has 8 heteroatoms. The number of sulfone groups is 1. The number of hydrogen-bond donors (Lipinski definition) is 1. The number of nitrogens with zero attached hydrogens (tertiary/aromatic N) is 1. The van der Waals surface area contributed by atoms with E-state index in [9.17, 15) is 13.2 Å². The number of fused-ring (bicyclic) bond motifs is 1. The van der Waals surface area contributed by atoms with Gasteiger partial charge >= 0.3 is 0 Å². The molecule has 0 aliphatic carbocycles. The zero-order valence-corrected chi connectivity index (χ0v) is 12.7. The van der Waals surface area contributed by atoms with Crippen molar-refractivity contribution in [1.29, 1.82) is 0 Å². The van der Waals surface area contributed by atoms with E-state index in [2.05, 4.69) is 5.32 Å². The molecule has 108 valence electrons. The van der Waals surface area contributed by atoms with Gasteiger partial charge < -0.3 is 10.2 Å². The van der Waals surface area contributed by atoms with E-state index in [0.29, 0.717) is 22.2 Å². The third-order valence-corrected chi connectivity index (χ3v) is 6.06. The van der Waals surface area contributed by atoms with Crippen molar-refractivity contribution in [3.05, 3.63) is 22.2 Å². The molecule has 2 heterocycles. The molecule has 0 bridgehead atoms. The first-order chi connectivity index (χ1) is 9.35. The molecule has 0 saturated carbocycles. The van der Waals surface area contributed by atoms with E-state index in [-0.39, 0.29) is 30.0 Å². The third-order valence-electron chi connectivity index (χ3n) is 3.59. The van der Waals surface area contributed by atoms with Gasteiger partial charge in [0.25, 0.3) is 0 Å². The Kier molecular flexibility index (Phi) is 3.35. The average molecular weight is 335 g/mol. The van der Waals surface area contributed by atoms with Crippen molar-refractivity contribution in [3.8, 4) is 0 Å². The lowest BCUT2D eigenvalue weighted by molar-refractivity contribution is -0.115. The van der Waals surface area contributed by atoms with E-state index in [0.717, 1.165) is 5.69 Å². The van der Waals surface area contributed by atoms with E-state index in [1.165, 1.54) is 0 Å². The zero-order chi connectivity index (χ0) is 14.5. The predicted octanol–water partition coefficient (Wildman–Crippen LogP) is 1.94. The summed E-state index contributed by atoms with van der Waals surface area (Å²) in [6.45, 7) is 0.130. The summed E-state index contributed by atoms with van der Waals surface area (Å²) in [5.41, 5.74) is 1.29. The maximum absolute atomic E-state index is 11.8. The van der Waals surface area contributed by atoms with Crippen LogP contribution in [0.3, 0.4) is 0 Å². The monoisotopic (exact) mass is 334 g/mol. The van der Waals surface area contributed by atoms with E-state index in [4.69, 9.17) is 23.2 Å². The minimum atomic E-state index is -3.02. The second-order valence-corrected chi connectivity index (χ2v) is 8.06. The van der Waals surface area contributed by atoms with Crippen molar-refractivity contribution in [2.45, 2.75) is 12.5 Å². The fraction of sp³-hybridized carbons (Fsp3) is 0.417. The lowest BCUT2D eigenvalue weighted by Gasteiger charge is -2.35. The van der Waals surface area contributed by atoms with Gasteiger partial charge in [0.05, 0.1) is 39.5 Å². The van der Waals surface area contributed by atoms with Crippen LogP contribution in [0.2, 0.25) is 10.0 Å². The van der Waals surface area contributed by atoms with Gasteiger partial charge in [0.2, 0.25) is 5.91 Å². The van der Waals surface area contributed by atoms with Crippen LogP contribution in [0.15, 0.2) is 12.1 Å². The SMILES string of the molecule is O=C1CN(C2CCS(=O)(=O)C2)c2cc(Cl)c(Cl)cc2N1. The van der Waals surface area contributed by atoms with Crippen LogP contribution in [0.4, 0.5) is 11.4 Å². The normalized spacial score (nSPS) is 24.4. The fourth-order valence-electron chi connectivity index (χ4n) is 2.65. The molecule has 1 aromatic rings. The molecule has 2 aliphatic rings. The van der Waals surface area contributed by atoms with Crippen LogP contribution in [0.25, 0.3) is 0 Å². The van der Waals surface area contributed by atoms with Crippen LogP contribution in [-0.2, 0) is 14.6 Å². The van der Waals surface area contributed by atoms with Gasteiger partial charge in [-0.3, -0.25) is 4.79 Å².